The van der Waals surface area contributed by atoms with Crippen LogP contribution in [0.4, 0.5) is 0 Å². The van der Waals surface area contributed by atoms with Crippen LogP contribution in [0, 0.1) is 0 Å². The number of fused-ring (bicyclic) bond motifs is 1. The molecule has 0 saturated carbocycles. The Morgan fingerprint density at radius 3 is 2.69 bits per heavy atom. The summed E-state index contributed by atoms with van der Waals surface area (Å²) in [4.78, 5) is 11.8. The smallest absolute Gasteiger partial charge is 0.326 e. The summed E-state index contributed by atoms with van der Waals surface area (Å²) < 4.78 is 4.90. The quantitative estimate of drug-likeness (QED) is 0.762. The van der Waals surface area contributed by atoms with Gasteiger partial charge in [0.2, 0.25) is 0 Å². The minimum Gasteiger partial charge on any atom is -0.468 e. The molecule has 1 aromatic rings. The number of methoxy groups -OCH3 is 1. The Kier molecular flexibility index (Phi) is 2.97. The maximum atomic E-state index is 11.8. The number of carbonyl (C=O) groups excluding carboxylic acids is 1. The van der Waals surface area contributed by atoms with E-state index in [1.807, 2.05) is 19.2 Å². The molecule has 0 spiro atoms. The third-order valence-corrected chi connectivity index (χ3v) is 3.49. The van der Waals surface area contributed by atoms with Crippen LogP contribution in [0.5, 0.6) is 0 Å². The second-order valence-corrected chi connectivity index (χ2v) is 4.27. The molecule has 0 aliphatic heterocycles. The molecule has 1 atom stereocenters. The van der Waals surface area contributed by atoms with Crippen LogP contribution in [0.2, 0.25) is 0 Å². The number of nitrogens with one attached hydrogen (secondary N) is 1. The first-order valence-corrected chi connectivity index (χ1v) is 5.56. The molecular formula is C13H17NO2. The van der Waals surface area contributed by atoms with Gasteiger partial charge in [-0.1, -0.05) is 24.3 Å². The van der Waals surface area contributed by atoms with Crippen molar-refractivity contribution in [1.82, 2.24) is 5.32 Å². The fourth-order valence-electron chi connectivity index (χ4n) is 2.42. The number of aryl methyl sites for hydroxylation is 1. The molecule has 1 aromatic carbocycles. The summed E-state index contributed by atoms with van der Waals surface area (Å²) in [7, 11) is 3.27. The lowest BCUT2D eigenvalue weighted by molar-refractivity contribution is -0.149. The molecule has 0 fully saturated rings. The summed E-state index contributed by atoms with van der Waals surface area (Å²) in [5.74, 6) is -0.162. The van der Waals surface area contributed by atoms with Gasteiger partial charge in [0.05, 0.1) is 7.11 Å². The van der Waals surface area contributed by atoms with Crippen LogP contribution < -0.4 is 5.32 Å². The van der Waals surface area contributed by atoms with E-state index >= 15 is 0 Å². The molecule has 86 valence electrons. The summed E-state index contributed by atoms with van der Waals surface area (Å²) >= 11 is 0. The minimum atomic E-state index is -0.539. The SMILES string of the molecule is CNC1(C(=O)OC)CCc2ccccc2C1. The highest BCUT2D eigenvalue weighted by atomic mass is 16.5. The monoisotopic (exact) mass is 219 g/mol. The van der Waals surface area contributed by atoms with Crippen molar-refractivity contribution in [2.24, 2.45) is 0 Å². The molecule has 0 aromatic heterocycles. The van der Waals surface area contributed by atoms with E-state index < -0.39 is 5.54 Å². The van der Waals surface area contributed by atoms with E-state index in [0.717, 1.165) is 12.8 Å². The molecule has 3 heteroatoms. The second kappa shape index (κ2) is 4.26. The standard InChI is InChI=1S/C13H17NO2/c1-14-13(12(15)16-2)8-7-10-5-3-4-6-11(10)9-13/h3-6,14H,7-9H2,1-2H3. The third kappa shape index (κ3) is 1.71. The van der Waals surface area contributed by atoms with Crippen LogP contribution in [0.1, 0.15) is 17.5 Å². The average Bonchev–Trinajstić information content (AvgIpc) is 2.37. The minimum absolute atomic E-state index is 0.162. The number of esters is 1. The average molecular weight is 219 g/mol. The van der Waals surface area contributed by atoms with E-state index in [4.69, 9.17) is 4.74 Å². The number of hydrogen-bond donors (Lipinski definition) is 1. The zero-order valence-corrected chi connectivity index (χ0v) is 9.75. The summed E-state index contributed by atoms with van der Waals surface area (Å²) in [5.41, 5.74) is 2.05. The van der Waals surface area contributed by atoms with E-state index in [0.29, 0.717) is 6.42 Å². The number of ether oxygens (including phenoxy) is 1. The topological polar surface area (TPSA) is 38.3 Å². The van der Waals surface area contributed by atoms with Gasteiger partial charge in [0.15, 0.2) is 0 Å². The second-order valence-electron chi connectivity index (χ2n) is 4.27. The molecule has 0 amide bonds. The first-order chi connectivity index (χ1) is 7.72. The van der Waals surface area contributed by atoms with Crippen LogP contribution in [0.3, 0.4) is 0 Å². The maximum absolute atomic E-state index is 11.8. The van der Waals surface area contributed by atoms with Crippen LogP contribution in [0.25, 0.3) is 0 Å². The molecule has 0 saturated heterocycles. The maximum Gasteiger partial charge on any atom is 0.326 e. The van der Waals surface area contributed by atoms with E-state index in [9.17, 15) is 4.79 Å². The van der Waals surface area contributed by atoms with Crippen molar-refractivity contribution in [2.75, 3.05) is 14.2 Å². The summed E-state index contributed by atoms with van der Waals surface area (Å²) in [6, 6.07) is 8.28. The Morgan fingerprint density at radius 2 is 2.06 bits per heavy atom. The predicted molar refractivity (Wildman–Crippen MR) is 62.3 cm³/mol. The summed E-state index contributed by atoms with van der Waals surface area (Å²) in [6.45, 7) is 0. The van der Waals surface area contributed by atoms with Gasteiger partial charge in [0, 0.05) is 6.42 Å². The highest BCUT2D eigenvalue weighted by molar-refractivity contribution is 5.81. The normalized spacial score (nSPS) is 23.6. The molecule has 0 heterocycles. The Labute approximate surface area is 95.8 Å². The van der Waals surface area contributed by atoms with Gasteiger partial charge in [0.1, 0.15) is 5.54 Å². The van der Waals surface area contributed by atoms with Crippen molar-refractivity contribution >= 4 is 5.97 Å². The molecule has 1 N–H and O–H groups in total. The lowest BCUT2D eigenvalue weighted by atomic mass is 9.78. The molecule has 1 aliphatic rings. The number of carbonyl (C=O) groups is 1. The molecule has 16 heavy (non-hydrogen) atoms. The lowest BCUT2D eigenvalue weighted by Gasteiger charge is -2.35. The van der Waals surface area contributed by atoms with Crippen molar-refractivity contribution in [1.29, 1.82) is 0 Å². The Morgan fingerprint density at radius 1 is 1.38 bits per heavy atom. The van der Waals surface area contributed by atoms with Crippen LogP contribution in [0.15, 0.2) is 24.3 Å². The number of rotatable bonds is 2. The molecular weight excluding hydrogens is 202 g/mol. The van der Waals surface area contributed by atoms with Gasteiger partial charge in [-0.25, -0.2) is 0 Å². The molecule has 1 unspecified atom stereocenters. The summed E-state index contributed by atoms with van der Waals surface area (Å²) in [5, 5.41) is 3.13. The van der Waals surface area contributed by atoms with Gasteiger partial charge >= 0.3 is 5.97 Å². The van der Waals surface area contributed by atoms with E-state index in [2.05, 4.69) is 17.4 Å². The van der Waals surface area contributed by atoms with Gasteiger partial charge in [-0.05, 0) is 31.0 Å². The van der Waals surface area contributed by atoms with Crippen LogP contribution in [-0.4, -0.2) is 25.7 Å². The molecule has 1 aliphatic carbocycles. The first kappa shape index (κ1) is 11.1. The Bertz CT molecular complexity index is 403. The Balaban J connectivity index is 2.32. The Hall–Kier alpha value is -1.35. The highest BCUT2D eigenvalue weighted by Crippen LogP contribution is 2.29. The van der Waals surface area contributed by atoms with E-state index in [-0.39, 0.29) is 5.97 Å². The number of hydrogen-bond acceptors (Lipinski definition) is 3. The summed E-state index contributed by atoms with van der Waals surface area (Å²) in [6.07, 6.45) is 2.44. The van der Waals surface area contributed by atoms with Crippen molar-refractivity contribution in [3.05, 3.63) is 35.4 Å². The molecule has 0 bridgehead atoms. The number of benzene rings is 1. The van der Waals surface area contributed by atoms with Gasteiger partial charge in [-0.15, -0.1) is 0 Å². The fourth-order valence-corrected chi connectivity index (χ4v) is 2.42. The highest BCUT2D eigenvalue weighted by Gasteiger charge is 2.40. The zero-order valence-electron chi connectivity index (χ0n) is 9.75. The van der Waals surface area contributed by atoms with Gasteiger partial charge in [0.25, 0.3) is 0 Å². The van der Waals surface area contributed by atoms with Crippen LogP contribution in [-0.2, 0) is 22.4 Å². The van der Waals surface area contributed by atoms with Crippen molar-refractivity contribution < 1.29 is 9.53 Å². The van der Waals surface area contributed by atoms with Crippen molar-refractivity contribution in [3.8, 4) is 0 Å². The van der Waals surface area contributed by atoms with Gasteiger partial charge in [-0.2, -0.15) is 0 Å². The van der Waals surface area contributed by atoms with E-state index in [1.54, 1.807) is 0 Å². The van der Waals surface area contributed by atoms with Crippen molar-refractivity contribution in [3.63, 3.8) is 0 Å². The van der Waals surface area contributed by atoms with Gasteiger partial charge in [-0.3, -0.25) is 4.79 Å². The first-order valence-electron chi connectivity index (χ1n) is 5.56. The largest absolute Gasteiger partial charge is 0.468 e. The van der Waals surface area contributed by atoms with E-state index in [1.165, 1.54) is 18.2 Å². The molecule has 0 radical (unpaired) electrons. The number of likely N-dealkylation sites (N-methyl/N-ethyl adjacent to an activating group) is 1. The van der Waals surface area contributed by atoms with Crippen LogP contribution >= 0.6 is 0 Å². The zero-order chi connectivity index (χ0) is 11.6. The predicted octanol–water partition coefficient (Wildman–Crippen LogP) is 1.31. The molecule has 2 rings (SSSR count). The fraction of sp³-hybridized carbons (Fsp3) is 0.462. The van der Waals surface area contributed by atoms with Gasteiger partial charge < -0.3 is 10.1 Å². The lowest BCUT2D eigenvalue weighted by Crippen LogP contribution is -2.54. The molecule has 3 nitrogen and oxygen atoms in total. The third-order valence-electron chi connectivity index (χ3n) is 3.49. The van der Waals surface area contributed by atoms with Crippen molar-refractivity contribution in [2.45, 2.75) is 24.8 Å².